The predicted octanol–water partition coefficient (Wildman–Crippen LogP) is 1.97. The van der Waals surface area contributed by atoms with E-state index in [1.54, 1.807) is 0 Å². The zero-order valence-electron chi connectivity index (χ0n) is 12.2. The summed E-state index contributed by atoms with van der Waals surface area (Å²) in [5.74, 6) is 0.297. The van der Waals surface area contributed by atoms with Gasteiger partial charge >= 0.3 is 9.05 Å². The van der Waals surface area contributed by atoms with E-state index in [0.29, 0.717) is 39.0 Å². The highest BCUT2D eigenvalue weighted by Gasteiger charge is 2.53. The fourth-order valence-electron chi connectivity index (χ4n) is 1.92. The second-order valence-corrected chi connectivity index (χ2v) is 6.70. The van der Waals surface area contributed by atoms with Crippen molar-refractivity contribution in [2.75, 3.05) is 33.0 Å². The van der Waals surface area contributed by atoms with Crippen LogP contribution in [0.15, 0.2) is 0 Å². The van der Waals surface area contributed by atoms with Gasteiger partial charge in [0.2, 0.25) is 0 Å². The van der Waals surface area contributed by atoms with E-state index in [4.69, 9.17) is 22.4 Å². The monoisotopic (exact) mass is 278 g/mol. The van der Waals surface area contributed by atoms with Crippen molar-refractivity contribution in [2.45, 2.75) is 40.2 Å². The van der Waals surface area contributed by atoms with Crippen molar-refractivity contribution in [3.63, 3.8) is 0 Å². The Bertz CT molecular complexity index is 234. The SMILES string of the molecule is CCO[Si](OCC)(OCC)O[C@@]1(C)COC[C@H]1C. The van der Waals surface area contributed by atoms with Gasteiger partial charge in [-0.1, -0.05) is 6.92 Å². The van der Waals surface area contributed by atoms with Crippen molar-refractivity contribution in [2.24, 2.45) is 5.92 Å². The normalized spacial score (nSPS) is 28.8. The lowest BCUT2D eigenvalue weighted by Gasteiger charge is -2.36. The molecule has 1 saturated heterocycles. The van der Waals surface area contributed by atoms with E-state index in [9.17, 15) is 0 Å². The third-order valence-corrected chi connectivity index (χ3v) is 5.76. The van der Waals surface area contributed by atoms with Crippen LogP contribution in [0.5, 0.6) is 0 Å². The highest BCUT2D eigenvalue weighted by molar-refractivity contribution is 6.53. The third kappa shape index (κ3) is 3.75. The summed E-state index contributed by atoms with van der Waals surface area (Å²) in [7, 11) is -3.05. The lowest BCUT2D eigenvalue weighted by atomic mass is 9.95. The maximum Gasteiger partial charge on any atom is 0.680 e. The van der Waals surface area contributed by atoms with Crippen molar-refractivity contribution < 1.29 is 22.4 Å². The Morgan fingerprint density at radius 3 is 1.94 bits per heavy atom. The number of rotatable bonds is 8. The molecule has 0 spiro atoms. The van der Waals surface area contributed by atoms with Gasteiger partial charge in [0.1, 0.15) is 0 Å². The van der Waals surface area contributed by atoms with Gasteiger partial charge < -0.3 is 22.4 Å². The molecule has 1 aliphatic heterocycles. The van der Waals surface area contributed by atoms with Gasteiger partial charge in [0, 0.05) is 25.7 Å². The Morgan fingerprint density at radius 2 is 1.61 bits per heavy atom. The molecule has 108 valence electrons. The quantitative estimate of drug-likeness (QED) is 0.635. The van der Waals surface area contributed by atoms with Crippen LogP contribution in [-0.2, 0) is 22.4 Å². The first-order valence-electron chi connectivity index (χ1n) is 6.71. The molecule has 0 bridgehead atoms. The molecule has 0 saturated carbocycles. The van der Waals surface area contributed by atoms with Crippen LogP contribution in [0.4, 0.5) is 0 Å². The molecule has 5 nitrogen and oxygen atoms in total. The summed E-state index contributed by atoms with van der Waals surface area (Å²) >= 11 is 0. The van der Waals surface area contributed by atoms with E-state index >= 15 is 0 Å². The molecule has 1 fully saturated rings. The molecule has 1 heterocycles. The zero-order valence-corrected chi connectivity index (χ0v) is 13.2. The molecule has 2 atom stereocenters. The lowest BCUT2D eigenvalue weighted by molar-refractivity contribution is -0.0947. The fourth-order valence-corrected chi connectivity index (χ4v) is 4.23. The van der Waals surface area contributed by atoms with Crippen molar-refractivity contribution in [1.82, 2.24) is 0 Å². The smallest absolute Gasteiger partial charge is 0.378 e. The van der Waals surface area contributed by atoms with E-state index in [1.165, 1.54) is 0 Å². The van der Waals surface area contributed by atoms with Crippen LogP contribution in [-0.4, -0.2) is 47.7 Å². The minimum Gasteiger partial charge on any atom is -0.378 e. The van der Waals surface area contributed by atoms with Gasteiger partial charge in [0.15, 0.2) is 0 Å². The summed E-state index contributed by atoms with van der Waals surface area (Å²) in [6.45, 7) is 12.7. The Hall–Kier alpha value is 0.0169. The summed E-state index contributed by atoms with van der Waals surface area (Å²) in [4.78, 5) is 0. The molecular formula is C12H26O5Si. The van der Waals surface area contributed by atoms with E-state index in [2.05, 4.69) is 6.92 Å². The molecular weight excluding hydrogens is 252 g/mol. The van der Waals surface area contributed by atoms with Gasteiger partial charge in [0.05, 0.1) is 18.8 Å². The van der Waals surface area contributed by atoms with Gasteiger partial charge in [-0.15, -0.1) is 0 Å². The Labute approximate surface area is 111 Å². The van der Waals surface area contributed by atoms with Gasteiger partial charge in [-0.3, -0.25) is 0 Å². The van der Waals surface area contributed by atoms with Crippen molar-refractivity contribution >= 4 is 9.05 Å². The molecule has 0 unspecified atom stereocenters. The first kappa shape index (κ1) is 16.1. The van der Waals surface area contributed by atoms with Crippen molar-refractivity contribution in [1.29, 1.82) is 0 Å². The number of hydrogen-bond acceptors (Lipinski definition) is 5. The Kier molecular flexibility index (Phi) is 6.23. The molecule has 1 aliphatic rings. The second-order valence-electron chi connectivity index (χ2n) is 4.63. The van der Waals surface area contributed by atoms with Crippen LogP contribution < -0.4 is 0 Å². The standard InChI is InChI=1S/C12H26O5Si/c1-6-14-18(15-7-2,16-8-3)17-12(5)10-13-9-11(12)4/h11H,6-10H2,1-5H3/t11-,12+/m1/s1. The topological polar surface area (TPSA) is 46.2 Å². The number of ether oxygens (including phenoxy) is 1. The summed E-state index contributed by atoms with van der Waals surface area (Å²) in [5.41, 5.74) is -0.397. The van der Waals surface area contributed by atoms with Gasteiger partial charge in [-0.2, -0.15) is 0 Å². The average Bonchev–Trinajstić information content (AvgIpc) is 2.60. The first-order chi connectivity index (χ1) is 8.52. The van der Waals surface area contributed by atoms with Crippen LogP contribution in [0.1, 0.15) is 34.6 Å². The summed E-state index contributed by atoms with van der Waals surface area (Å²) in [6.07, 6.45) is 0. The molecule has 1 rings (SSSR count). The molecule has 0 aromatic rings. The maximum absolute atomic E-state index is 6.17. The Balaban J connectivity index is 2.81. The minimum absolute atomic E-state index is 0.297. The maximum atomic E-state index is 6.17. The summed E-state index contributed by atoms with van der Waals surface area (Å²) < 4.78 is 28.8. The van der Waals surface area contributed by atoms with Crippen LogP contribution in [0.2, 0.25) is 0 Å². The molecule has 6 heteroatoms. The highest BCUT2D eigenvalue weighted by Crippen LogP contribution is 2.32. The first-order valence-corrected chi connectivity index (χ1v) is 8.35. The Morgan fingerprint density at radius 1 is 1.11 bits per heavy atom. The fraction of sp³-hybridized carbons (Fsp3) is 1.00. The van der Waals surface area contributed by atoms with E-state index in [1.807, 2.05) is 27.7 Å². The largest absolute Gasteiger partial charge is 0.680 e. The summed E-state index contributed by atoms with van der Waals surface area (Å²) in [5, 5.41) is 0. The zero-order chi connectivity index (χ0) is 13.6. The molecule has 0 aromatic heterocycles. The van der Waals surface area contributed by atoms with E-state index in [0.717, 1.165) is 0 Å². The van der Waals surface area contributed by atoms with Gasteiger partial charge in [-0.25, -0.2) is 0 Å². The second kappa shape index (κ2) is 6.98. The molecule has 0 aromatic carbocycles. The average molecular weight is 278 g/mol. The third-order valence-electron chi connectivity index (χ3n) is 3.12. The van der Waals surface area contributed by atoms with Crippen LogP contribution in [0.25, 0.3) is 0 Å². The predicted molar refractivity (Wildman–Crippen MR) is 70.1 cm³/mol. The summed E-state index contributed by atoms with van der Waals surface area (Å²) in [6, 6.07) is 0. The van der Waals surface area contributed by atoms with Crippen molar-refractivity contribution in [3.8, 4) is 0 Å². The highest BCUT2D eigenvalue weighted by atomic mass is 28.4. The van der Waals surface area contributed by atoms with E-state index in [-0.39, 0.29) is 0 Å². The van der Waals surface area contributed by atoms with Crippen molar-refractivity contribution in [3.05, 3.63) is 0 Å². The molecule has 18 heavy (non-hydrogen) atoms. The number of hydrogen-bond donors (Lipinski definition) is 0. The van der Waals surface area contributed by atoms with Gasteiger partial charge in [0.25, 0.3) is 0 Å². The van der Waals surface area contributed by atoms with Crippen LogP contribution in [0, 0.1) is 5.92 Å². The van der Waals surface area contributed by atoms with E-state index < -0.39 is 14.6 Å². The van der Waals surface area contributed by atoms with Crippen LogP contribution in [0.3, 0.4) is 0 Å². The molecule has 0 N–H and O–H groups in total. The van der Waals surface area contributed by atoms with Crippen LogP contribution >= 0.6 is 0 Å². The van der Waals surface area contributed by atoms with Gasteiger partial charge in [-0.05, 0) is 27.7 Å². The lowest BCUT2D eigenvalue weighted by Crippen LogP contribution is -2.56. The molecule has 0 aliphatic carbocycles. The molecule has 0 amide bonds. The molecule has 0 radical (unpaired) electrons. The minimum atomic E-state index is -3.05.